The maximum atomic E-state index is 12.1. The summed E-state index contributed by atoms with van der Waals surface area (Å²) in [6.45, 7) is 7.91. The summed E-state index contributed by atoms with van der Waals surface area (Å²) in [5, 5.41) is 0. The fraction of sp³-hybridized carbons (Fsp3) is 0.529. The molecule has 24 heavy (non-hydrogen) atoms. The molecule has 1 fully saturated rings. The topological polar surface area (TPSA) is 59.1 Å². The summed E-state index contributed by atoms with van der Waals surface area (Å²) in [4.78, 5) is 27.9. The van der Waals surface area contributed by atoms with Crippen molar-refractivity contribution in [3.05, 3.63) is 28.2 Å². The molecule has 0 N–H and O–H groups in total. The molecule has 1 heterocycles. The van der Waals surface area contributed by atoms with Gasteiger partial charge in [0, 0.05) is 30.7 Å². The molecule has 1 aromatic rings. The molecule has 2 rings (SSSR count). The highest BCUT2D eigenvalue weighted by Crippen LogP contribution is 2.26. The monoisotopic (exact) mass is 398 g/mol. The SMILES string of the molecule is COC(=O)c1cc(Br)ccc1N1CCN(C(=O)OC(C)(C)C)CC1. The van der Waals surface area contributed by atoms with Crippen molar-refractivity contribution < 1.29 is 19.1 Å². The highest BCUT2D eigenvalue weighted by atomic mass is 79.9. The summed E-state index contributed by atoms with van der Waals surface area (Å²) in [6, 6.07) is 5.53. The summed E-state index contributed by atoms with van der Waals surface area (Å²) in [6.07, 6.45) is -0.300. The molecule has 1 aliphatic rings. The summed E-state index contributed by atoms with van der Waals surface area (Å²) >= 11 is 3.38. The zero-order valence-electron chi connectivity index (χ0n) is 14.5. The molecule has 0 unspecified atom stereocenters. The highest BCUT2D eigenvalue weighted by Gasteiger charge is 2.27. The zero-order valence-corrected chi connectivity index (χ0v) is 16.1. The Balaban J connectivity index is 2.07. The van der Waals surface area contributed by atoms with Gasteiger partial charge in [0.25, 0.3) is 0 Å². The van der Waals surface area contributed by atoms with Crippen LogP contribution >= 0.6 is 15.9 Å². The number of anilines is 1. The fourth-order valence-electron chi connectivity index (χ4n) is 2.51. The molecule has 0 aliphatic carbocycles. The van der Waals surface area contributed by atoms with Gasteiger partial charge in [-0.3, -0.25) is 0 Å². The Morgan fingerprint density at radius 1 is 1.12 bits per heavy atom. The first-order valence-corrected chi connectivity index (χ1v) is 8.61. The van der Waals surface area contributed by atoms with Gasteiger partial charge < -0.3 is 19.3 Å². The van der Waals surface area contributed by atoms with Crippen LogP contribution in [0.15, 0.2) is 22.7 Å². The van der Waals surface area contributed by atoms with Crippen molar-refractivity contribution >= 4 is 33.7 Å². The van der Waals surface area contributed by atoms with E-state index in [4.69, 9.17) is 9.47 Å². The van der Waals surface area contributed by atoms with Crippen molar-refractivity contribution in [3.8, 4) is 0 Å². The number of hydrogen-bond donors (Lipinski definition) is 0. The van der Waals surface area contributed by atoms with Crippen LogP contribution in [0.5, 0.6) is 0 Å². The lowest BCUT2D eigenvalue weighted by atomic mass is 10.1. The van der Waals surface area contributed by atoms with Gasteiger partial charge in [0.05, 0.1) is 18.4 Å². The Kier molecular flexibility index (Phi) is 5.74. The first kappa shape index (κ1) is 18.6. The van der Waals surface area contributed by atoms with Crippen LogP contribution in [0, 0.1) is 0 Å². The maximum Gasteiger partial charge on any atom is 0.410 e. The van der Waals surface area contributed by atoms with Crippen molar-refractivity contribution in [1.29, 1.82) is 0 Å². The van der Waals surface area contributed by atoms with Crippen LogP contribution in [0.2, 0.25) is 0 Å². The second-order valence-electron chi connectivity index (χ2n) is 6.61. The maximum absolute atomic E-state index is 12.1. The Labute approximate surface area is 150 Å². The molecule has 1 aromatic carbocycles. The first-order valence-electron chi connectivity index (χ1n) is 7.82. The van der Waals surface area contributed by atoms with Gasteiger partial charge in [-0.2, -0.15) is 0 Å². The average Bonchev–Trinajstić information content (AvgIpc) is 2.52. The molecule has 132 valence electrons. The number of esters is 1. The van der Waals surface area contributed by atoms with E-state index in [0.717, 1.165) is 10.2 Å². The van der Waals surface area contributed by atoms with Gasteiger partial charge in [0.2, 0.25) is 0 Å². The Morgan fingerprint density at radius 3 is 2.29 bits per heavy atom. The van der Waals surface area contributed by atoms with E-state index in [1.165, 1.54) is 7.11 Å². The fourth-order valence-corrected chi connectivity index (χ4v) is 2.87. The lowest BCUT2D eigenvalue weighted by Crippen LogP contribution is -2.50. The second kappa shape index (κ2) is 7.42. The molecule has 1 aliphatic heterocycles. The minimum atomic E-state index is -0.502. The number of hydrogen-bond acceptors (Lipinski definition) is 5. The number of methoxy groups -OCH3 is 1. The van der Waals surface area contributed by atoms with Gasteiger partial charge in [-0.1, -0.05) is 15.9 Å². The van der Waals surface area contributed by atoms with E-state index in [-0.39, 0.29) is 12.1 Å². The number of carbonyl (C=O) groups is 2. The van der Waals surface area contributed by atoms with Gasteiger partial charge in [-0.25, -0.2) is 9.59 Å². The standard InChI is InChI=1S/C17H23BrN2O4/c1-17(2,3)24-16(22)20-9-7-19(8-10-20)14-6-5-12(18)11-13(14)15(21)23-4/h5-6,11H,7-10H2,1-4H3. The first-order chi connectivity index (χ1) is 11.2. The smallest absolute Gasteiger partial charge is 0.410 e. The Bertz CT molecular complexity index is 620. The van der Waals surface area contributed by atoms with Crippen LogP contribution in [-0.2, 0) is 9.47 Å². The largest absolute Gasteiger partial charge is 0.465 e. The Hall–Kier alpha value is -1.76. The number of halogens is 1. The number of piperazine rings is 1. The summed E-state index contributed by atoms with van der Waals surface area (Å²) in [5.41, 5.74) is 0.823. The van der Waals surface area contributed by atoms with Crippen molar-refractivity contribution in [2.24, 2.45) is 0 Å². The molecule has 0 bridgehead atoms. The van der Waals surface area contributed by atoms with Crippen LogP contribution < -0.4 is 4.90 Å². The predicted octanol–water partition coefficient (Wildman–Crippen LogP) is 3.29. The van der Waals surface area contributed by atoms with Crippen LogP contribution in [0.25, 0.3) is 0 Å². The van der Waals surface area contributed by atoms with Crippen LogP contribution in [-0.4, -0.2) is 55.9 Å². The number of ether oxygens (including phenoxy) is 2. The van der Waals surface area contributed by atoms with Crippen molar-refractivity contribution in [3.63, 3.8) is 0 Å². The number of rotatable bonds is 2. The molecule has 1 saturated heterocycles. The van der Waals surface area contributed by atoms with Gasteiger partial charge >= 0.3 is 12.1 Å². The Morgan fingerprint density at radius 2 is 1.75 bits per heavy atom. The molecular formula is C17H23BrN2O4. The van der Waals surface area contributed by atoms with E-state index in [1.54, 1.807) is 11.0 Å². The highest BCUT2D eigenvalue weighted by molar-refractivity contribution is 9.10. The molecule has 0 radical (unpaired) electrons. The number of nitrogens with zero attached hydrogens (tertiary/aromatic N) is 2. The van der Waals surface area contributed by atoms with Gasteiger partial charge in [0.1, 0.15) is 5.60 Å². The second-order valence-corrected chi connectivity index (χ2v) is 7.52. The van der Waals surface area contributed by atoms with Gasteiger partial charge in [0.15, 0.2) is 0 Å². The lowest BCUT2D eigenvalue weighted by molar-refractivity contribution is 0.0240. The molecule has 1 amide bonds. The third kappa shape index (κ3) is 4.63. The third-order valence-electron chi connectivity index (χ3n) is 3.64. The third-order valence-corrected chi connectivity index (χ3v) is 4.13. The molecule has 6 nitrogen and oxygen atoms in total. The summed E-state index contributed by atoms with van der Waals surface area (Å²) < 4.78 is 11.1. The van der Waals surface area contributed by atoms with E-state index in [9.17, 15) is 9.59 Å². The van der Waals surface area contributed by atoms with E-state index in [1.807, 2.05) is 32.9 Å². The molecule has 0 spiro atoms. The van der Waals surface area contributed by atoms with Crippen LogP contribution in [0.1, 0.15) is 31.1 Å². The van der Waals surface area contributed by atoms with E-state index in [0.29, 0.717) is 31.7 Å². The zero-order chi connectivity index (χ0) is 17.9. The van der Waals surface area contributed by atoms with Crippen LogP contribution in [0.3, 0.4) is 0 Å². The van der Waals surface area contributed by atoms with E-state index < -0.39 is 5.60 Å². The number of carbonyl (C=O) groups excluding carboxylic acids is 2. The molecular weight excluding hydrogens is 376 g/mol. The van der Waals surface area contributed by atoms with Crippen molar-refractivity contribution in [2.75, 3.05) is 38.2 Å². The van der Waals surface area contributed by atoms with Crippen molar-refractivity contribution in [2.45, 2.75) is 26.4 Å². The van der Waals surface area contributed by atoms with Crippen LogP contribution in [0.4, 0.5) is 10.5 Å². The average molecular weight is 399 g/mol. The molecule has 0 atom stereocenters. The van der Waals surface area contributed by atoms with E-state index in [2.05, 4.69) is 20.8 Å². The minimum Gasteiger partial charge on any atom is -0.465 e. The number of benzene rings is 1. The van der Waals surface area contributed by atoms with Crippen molar-refractivity contribution in [1.82, 2.24) is 4.90 Å². The van der Waals surface area contributed by atoms with Gasteiger partial charge in [-0.15, -0.1) is 0 Å². The molecule has 0 saturated carbocycles. The normalized spacial score (nSPS) is 15.2. The molecule has 0 aromatic heterocycles. The quantitative estimate of drug-likeness (QED) is 0.715. The number of amides is 1. The van der Waals surface area contributed by atoms with Gasteiger partial charge in [-0.05, 0) is 39.0 Å². The minimum absolute atomic E-state index is 0.300. The van der Waals surface area contributed by atoms with E-state index >= 15 is 0 Å². The lowest BCUT2D eigenvalue weighted by Gasteiger charge is -2.37. The summed E-state index contributed by atoms with van der Waals surface area (Å²) in [7, 11) is 1.37. The summed E-state index contributed by atoms with van der Waals surface area (Å²) in [5.74, 6) is -0.374. The predicted molar refractivity (Wildman–Crippen MR) is 95.5 cm³/mol. The molecule has 7 heteroatoms.